The summed E-state index contributed by atoms with van der Waals surface area (Å²) >= 11 is 0. The summed E-state index contributed by atoms with van der Waals surface area (Å²) in [7, 11) is 0. The summed E-state index contributed by atoms with van der Waals surface area (Å²) in [4.78, 5) is 15.4. The zero-order valence-corrected chi connectivity index (χ0v) is 8.73. The Morgan fingerprint density at radius 3 is 3.00 bits per heavy atom. The number of esters is 1. The Morgan fingerprint density at radius 2 is 2.47 bits per heavy atom. The molecule has 4 heteroatoms. The van der Waals surface area contributed by atoms with E-state index in [1.165, 1.54) is 0 Å². The molecule has 0 aromatic carbocycles. The van der Waals surface area contributed by atoms with Gasteiger partial charge in [0.15, 0.2) is 5.92 Å². The van der Waals surface area contributed by atoms with Crippen LogP contribution in [0.3, 0.4) is 0 Å². The monoisotopic (exact) mass is 204 g/mol. The predicted molar refractivity (Wildman–Crippen MR) is 54.0 cm³/mol. The fourth-order valence-corrected chi connectivity index (χ4v) is 1.24. The molecule has 1 rings (SSSR count). The molecule has 0 aliphatic carbocycles. The van der Waals surface area contributed by atoms with Crippen LogP contribution in [0.1, 0.15) is 24.1 Å². The zero-order valence-electron chi connectivity index (χ0n) is 8.73. The second kappa shape index (κ2) is 5.11. The van der Waals surface area contributed by atoms with Crippen LogP contribution >= 0.6 is 0 Å². The highest BCUT2D eigenvalue weighted by Crippen LogP contribution is 2.16. The summed E-state index contributed by atoms with van der Waals surface area (Å²) in [6, 6.07) is 5.29. The molecule has 4 nitrogen and oxygen atoms in total. The van der Waals surface area contributed by atoms with Gasteiger partial charge in [-0.1, -0.05) is 0 Å². The number of pyridine rings is 1. The van der Waals surface area contributed by atoms with Crippen LogP contribution in [0.4, 0.5) is 0 Å². The number of hydrogen-bond donors (Lipinski definition) is 0. The summed E-state index contributed by atoms with van der Waals surface area (Å²) < 4.78 is 4.81. The van der Waals surface area contributed by atoms with Crippen molar-refractivity contribution in [3.8, 4) is 6.07 Å². The Kier molecular flexibility index (Phi) is 3.81. The normalized spacial score (nSPS) is 11.5. The number of nitrogens with zero attached hydrogens (tertiary/aromatic N) is 2. The van der Waals surface area contributed by atoms with Crippen molar-refractivity contribution in [3.05, 3.63) is 29.6 Å². The van der Waals surface area contributed by atoms with Gasteiger partial charge in [0.2, 0.25) is 0 Å². The smallest absolute Gasteiger partial charge is 0.327 e. The highest BCUT2D eigenvalue weighted by Gasteiger charge is 2.21. The number of aromatic nitrogens is 1. The molecule has 0 N–H and O–H groups in total. The largest absolute Gasteiger partial charge is 0.465 e. The maximum absolute atomic E-state index is 11.4. The minimum Gasteiger partial charge on any atom is -0.465 e. The SMILES string of the molecule is CCOC(=O)C(C#N)c1ccnc(C)c1. The molecule has 0 saturated heterocycles. The van der Waals surface area contributed by atoms with Gasteiger partial charge in [0.05, 0.1) is 12.7 Å². The second-order valence-electron chi connectivity index (χ2n) is 3.04. The number of aryl methyl sites for hydroxylation is 1. The first-order chi connectivity index (χ1) is 7.19. The first-order valence-electron chi connectivity index (χ1n) is 4.67. The van der Waals surface area contributed by atoms with E-state index in [0.29, 0.717) is 5.56 Å². The molecule has 0 radical (unpaired) electrons. The maximum Gasteiger partial charge on any atom is 0.327 e. The molecular formula is C11H12N2O2. The van der Waals surface area contributed by atoms with Crippen molar-refractivity contribution in [1.29, 1.82) is 5.26 Å². The highest BCUT2D eigenvalue weighted by molar-refractivity contribution is 5.81. The molecule has 0 fully saturated rings. The van der Waals surface area contributed by atoms with Crippen LogP contribution in [-0.4, -0.2) is 17.6 Å². The predicted octanol–water partition coefficient (Wildman–Crippen LogP) is 1.56. The van der Waals surface area contributed by atoms with Gasteiger partial charge in [-0.2, -0.15) is 5.26 Å². The van der Waals surface area contributed by atoms with E-state index in [4.69, 9.17) is 10.00 Å². The number of carbonyl (C=O) groups is 1. The van der Waals surface area contributed by atoms with Gasteiger partial charge in [0.25, 0.3) is 0 Å². The molecule has 0 aliphatic heterocycles. The Labute approximate surface area is 88.5 Å². The van der Waals surface area contributed by atoms with E-state index in [2.05, 4.69) is 4.98 Å². The number of carbonyl (C=O) groups excluding carboxylic acids is 1. The van der Waals surface area contributed by atoms with E-state index in [1.807, 2.05) is 13.0 Å². The van der Waals surface area contributed by atoms with Crippen LogP contribution in [0, 0.1) is 18.3 Å². The lowest BCUT2D eigenvalue weighted by atomic mass is 10.0. The molecular weight excluding hydrogens is 192 g/mol. The molecule has 1 aromatic heterocycles. The summed E-state index contributed by atoms with van der Waals surface area (Å²) in [5, 5.41) is 8.90. The van der Waals surface area contributed by atoms with Crippen LogP contribution in [-0.2, 0) is 9.53 Å². The fourth-order valence-electron chi connectivity index (χ4n) is 1.24. The third-order valence-electron chi connectivity index (χ3n) is 1.91. The van der Waals surface area contributed by atoms with Crippen molar-refractivity contribution >= 4 is 5.97 Å². The van der Waals surface area contributed by atoms with Crippen molar-refractivity contribution in [2.75, 3.05) is 6.61 Å². The second-order valence-corrected chi connectivity index (χ2v) is 3.04. The van der Waals surface area contributed by atoms with Crippen LogP contribution < -0.4 is 0 Å². The maximum atomic E-state index is 11.4. The lowest BCUT2D eigenvalue weighted by Crippen LogP contribution is -2.14. The third-order valence-corrected chi connectivity index (χ3v) is 1.91. The van der Waals surface area contributed by atoms with E-state index in [0.717, 1.165) is 5.69 Å². The van der Waals surface area contributed by atoms with Gasteiger partial charge in [-0.3, -0.25) is 9.78 Å². The van der Waals surface area contributed by atoms with Crippen molar-refractivity contribution in [2.45, 2.75) is 19.8 Å². The fraction of sp³-hybridized carbons (Fsp3) is 0.364. The average molecular weight is 204 g/mol. The highest BCUT2D eigenvalue weighted by atomic mass is 16.5. The van der Waals surface area contributed by atoms with Gasteiger partial charge in [0.1, 0.15) is 0 Å². The van der Waals surface area contributed by atoms with E-state index in [-0.39, 0.29) is 6.61 Å². The molecule has 1 unspecified atom stereocenters. The van der Waals surface area contributed by atoms with Crippen LogP contribution in [0.25, 0.3) is 0 Å². The molecule has 0 saturated carbocycles. The van der Waals surface area contributed by atoms with Gasteiger partial charge >= 0.3 is 5.97 Å². The topological polar surface area (TPSA) is 63.0 Å². The van der Waals surface area contributed by atoms with Gasteiger partial charge in [0, 0.05) is 11.9 Å². The van der Waals surface area contributed by atoms with Gasteiger partial charge in [-0.25, -0.2) is 0 Å². The first-order valence-corrected chi connectivity index (χ1v) is 4.67. The summed E-state index contributed by atoms with van der Waals surface area (Å²) in [5.41, 5.74) is 1.40. The van der Waals surface area contributed by atoms with E-state index in [1.54, 1.807) is 25.3 Å². The minimum absolute atomic E-state index is 0.279. The van der Waals surface area contributed by atoms with Crippen molar-refractivity contribution in [3.63, 3.8) is 0 Å². The molecule has 78 valence electrons. The number of ether oxygens (including phenoxy) is 1. The summed E-state index contributed by atoms with van der Waals surface area (Å²) in [6.07, 6.45) is 1.58. The lowest BCUT2D eigenvalue weighted by Gasteiger charge is -2.08. The van der Waals surface area contributed by atoms with Crippen molar-refractivity contribution in [2.24, 2.45) is 0 Å². The van der Waals surface area contributed by atoms with Gasteiger partial charge < -0.3 is 4.74 Å². The minimum atomic E-state index is -0.855. The molecule has 15 heavy (non-hydrogen) atoms. The first kappa shape index (κ1) is 11.2. The van der Waals surface area contributed by atoms with Crippen molar-refractivity contribution in [1.82, 2.24) is 4.98 Å². The Balaban J connectivity index is 2.93. The lowest BCUT2D eigenvalue weighted by molar-refractivity contribution is -0.143. The molecule has 0 bridgehead atoms. The molecule has 1 atom stereocenters. The van der Waals surface area contributed by atoms with E-state index in [9.17, 15) is 4.79 Å². The molecule has 1 heterocycles. The van der Waals surface area contributed by atoms with E-state index < -0.39 is 11.9 Å². The zero-order chi connectivity index (χ0) is 11.3. The molecule has 0 amide bonds. The number of rotatable bonds is 3. The quantitative estimate of drug-likeness (QED) is 0.701. The number of hydrogen-bond acceptors (Lipinski definition) is 4. The third kappa shape index (κ3) is 2.78. The number of nitriles is 1. The summed E-state index contributed by atoms with van der Waals surface area (Å²) in [6.45, 7) is 3.80. The Hall–Kier alpha value is -1.89. The Morgan fingerprint density at radius 1 is 1.73 bits per heavy atom. The van der Waals surface area contributed by atoms with Crippen LogP contribution in [0.15, 0.2) is 18.3 Å². The van der Waals surface area contributed by atoms with E-state index >= 15 is 0 Å². The molecule has 1 aromatic rings. The molecule has 0 aliphatic rings. The standard InChI is InChI=1S/C11H12N2O2/c1-3-15-11(14)10(7-12)9-4-5-13-8(2)6-9/h4-6,10H,3H2,1-2H3. The average Bonchev–Trinajstić information content (AvgIpc) is 2.19. The van der Waals surface area contributed by atoms with Gasteiger partial charge in [-0.05, 0) is 31.5 Å². The van der Waals surface area contributed by atoms with Crippen LogP contribution in [0.5, 0.6) is 0 Å². The van der Waals surface area contributed by atoms with Crippen LogP contribution in [0.2, 0.25) is 0 Å². The van der Waals surface area contributed by atoms with Gasteiger partial charge in [-0.15, -0.1) is 0 Å². The van der Waals surface area contributed by atoms with Crippen molar-refractivity contribution < 1.29 is 9.53 Å². The molecule has 0 spiro atoms. The summed E-state index contributed by atoms with van der Waals surface area (Å²) in [5.74, 6) is -1.36. The Bertz CT molecular complexity index is 396.